The molecule has 1 aliphatic heterocycles. The Bertz CT molecular complexity index is 1110. The van der Waals surface area contributed by atoms with Crippen LogP contribution >= 0.6 is 11.8 Å². The molecule has 0 aliphatic carbocycles. The van der Waals surface area contributed by atoms with Crippen LogP contribution in [0.4, 0.5) is 10.5 Å². The lowest BCUT2D eigenvalue weighted by Crippen LogP contribution is -2.36. The SMILES string of the molecule is C=CCOc1c(/C=C2\SC(=O)N(CC(=O)Nc3cccc(C)c3C)C2=O)cccc1OC. The Morgan fingerprint density at radius 1 is 1.19 bits per heavy atom. The Labute approximate surface area is 191 Å². The molecule has 1 fully saturated rings. The van der Waals surface area contributed by atoms with Crippen LogP contribution < -0.4 is 14.8 Å². The van der Waals surface area contributed by atoms with E-state index in [4.69, 9.17) is 9.47 Å². The second kappa shape index (κ2) is 10.2. The highest BCUT2D eigenvalue weighted by atomic mass is 32.2. The van der Waals surface area contributed by atoms with Gasteiger partial charge in [-0.15, -0.1) is 0 Å². The number of nitrogens with one attached hydrogen (secondary N) is 1. The molecule has 0 radical (unpaired) electrons. The summed E-state index contributed by atoms with van der Waals surface area (Å²) < 4.78 is 11.0. The molecule has 0 spiro atoms. The Morgan fingerprint density at radius 3 is 2.66 bits per heavy atom. The predicted molar refractivity (Wildman–Crippen MR) is 126 cm³/mol. The number of para-hydroxylation sites is 1. The molecule has 32 heavy (non-hydrogen) atoms. The summed E-state index contributed by atoms with van der Waals surface area (Å²) in [6.07, 6.45) is 3.16. The lowest BCUT2D eigenvalue weighted by molar-refractivity contribution is -0.127. The van der Waals surface area contributed by atoms with Gasteiger partial charge in [-0.25, -0.2) is 0 Å². The number of ether oxygens (including phenoxy) is 2. The Hall–Kier alpha value is -3.52. The van der Waals surface area contributed by atoms with Gasteiger partial charge in [0.15, 0.2) is 11.5 Å². The van der Waals surface area contributed by atoms with E-state index in [0.717, 1.165) is 27.8 Å². The number of hydrogen-bond acceptors (Lipinski definition) is 6. The second-order valence-corrected chi connectivity index (χ2v) is 8.03. The molecule has 8 heteroatoms. The lowest BCUT2D eigenvalue weighted by Gasteiger charge is -2.14. The van der Waals surface area contributed by atoms with Crippen molar-refractivity contribution in [2.45, 2.75) is 13.8 Å². The van der Waals surface area contributed by atoms with Crippen LogP contribution in [0.5, 0.6) is 11.5 Å². The van der Waals surface area contributed by atoms with Crippen molar-refractivity contribution in [3.8, 4) is 11.5 Å². The zero-order valence-electron chi connectivity index (χ0n) is 18.1. The summed E-state index contributed by atoms with van der Waals surface area (Å²) in [6.45, 7) is 7.36. The van der Waals surface area contributed by atoms with Crippen LogP contribution in [0.15, 0.2) is 54.0 Å². The fourth-order valence-corrected chi connectivity index (χ4v) is 3.93. The van der Waals surface area contributed by atoms with Crippen molar-refractivity contribution in [1.29, 1.82) is 0 Å². The lowest BCUT2D eigenvalue weighted by atomic mass is 10.1. The highest BCUT2D eigenvalue weighted by Crippen LogP contribution is 2.37. The number of carbonyl (C=O) groups is 3. The number of imide groups is 1. The normalized spacial score (nSPS) is 14.6. The molecule has 0 bridgehead atoms. The maximum absolute atomic E-state index is 12.9. The van der Waals surface area contributed by atoms with Crippen LogP contribution in [-0.4, -0.2) is 42.2 Å². The smallest absolute Gasteiger partial charge is 0.294 e. The third kappa shape index (κ3) is 5.03. The van der Waals surface area contributed by atoms with Crippen LogP contribution in [0.3, 0.4) is 0 Å². The first-order valence-electron chi connectivity index (χ1n) is 9.87. The number of hydrogen-bond donors (Lipinski definition) is 1. The van der Waals surface area contributed by atoms with E-state index < -0.39 is 17.1 Å². The molecule has 0 atom stereocenters. The van der Waals surface area contributed by atoms with Gasteiger partial charge in [-0.1, -0.05) is 36.9 Å². The number of aryl methyl sites for hydroxylation is 1. The molecule has 166 valence electrons. The average molecular weight is 453 g/mol. The zero-order chi connectivity index (χ0) is 23.3. The standard InChI is InChI=1S/C24H24N2O5S/c1-5-12-31-22-17(9-7-11-19(22)30-4)13-20-23(28)26(24(29)32-20)14-21(27)25-18-10-6-8-15(2)16(18)3/h5-11,13H,1,12,14H2,2-4H3,(H,25,27)/b20-13-. The summed E-state index contributed by atoms with van der Waals surface area (Å²) in [5.41, 5.74) is 3.19. The fourth-order valence-electron chi connectivity index (χ4n) is 3.10. The van der Waals surface area contributed by atoms with Gasteiger partial charge in [0.25, 0.3) is 11.1 Å². The van der Waals surface area contributed by atoms with E-state index in [-0.39, 0.29) is 18.1 Å². The van der Waals surface area contributed by atoms with Gasteiger partial charge in [0.2, 0.25) is 5.91 Å². The van der Waals surface area contributed by atoms with E-state index in [0.29, 0.717) is 22.7 Å². The molecule has 0 aromatic heterocycles. The largest absolute Gasteiger partial charge is 0.493 e. The molecule has 7 nitrogen and oxygen atoms in total. The predicted octanol–water partition coefficient (Wildman–Crippen LogP) is 4.55. The summed E-state index contributed by atoms with van der Waals surface area (Å²) in [6, 6.07) is 10.8. The van der Waals surface area contributed by atoms with Gasteiger partial charge in [0.1, 0.15) is 13.2 Å². The number of rotatable bonds is 8. The molecule has 2 aromatic carbocycles. The summed E-state index contributed by atoms with van der Waals surface area (Å²) in [4.78, 5) is 39.0. The van der Waals surface area contributed by atoms with Crippen molar-refractivity contribution in [2.75, 3.05) is 25.6 Å². The molecule has 0 saturated carbocycles. The first-order valence-corrected chi connectivity index (χ1v) is 10.7. The van der Waals surface area contributed by atoms with Crippen LogP contribution in [0.1, 0.15) is 16.7 Å². The summed E-state index contributed by atoms with van der Waals surface area (Å²) >= 11 is 0.779. The van der Waals surface area contributed by atoms with Gasteiger partial charge < -0.3 is 14.8 Å². The van der Waals surface area contributed by atoms with Crippen LogP contribution in [0.25, 0.3) is 6.08 Å². The number of amides is 3. The molecule has 2 aromatic rings. The molecule has 3 rings (SSSR count). The minimum Gasteiger partial charge on any atom is -0.493 e. The Balaban J connectivity index is 1.79. The van der Waals surface area contributed by atoms with Crippen LogP contribution in [0, 0.1) is 13.8 Å². The third-order valence-electron chi connectivity index (χ3n) is 4.92. The molecule has 3 amide bonds. The highest BCUT2D eigenvalue weighted by molar-refractivity contribution is 8.18. The van der Waals surface area contributed by atoms with Gasteiger partial charge in [-0.3, -0.25) is 19.3 Å². The zero-order valence-corrected chi connectivity index (χ0v) is 19.0. The quantitative estimate of drug-likeness (QED) is 0.467. The van der Waals surface area contributed by atoms with Gasteiger partial charge in [-0.05, 0) is 54.9 Å². The fraction of sp³-hybridized carbons (Fsp3) is 0.208. The molecule has 1 aliphatic rings. The minimum absolute atomic E-state index is 0.200. The van der Waals surface area contributed by atoms with Crippen LogP contribution in [-0.2, 0) is 9.59 Å². The topological polar surface area (TPSA) is 84.9 Å². The summed E-state index contributed by atoms with van der Waals surface area (Å²) in [5, 5.41) is 2.27. The van der Waals surface area contributed by atoms with E-state index >= 15 is 0 Å². The van der Waals surface area contributed by atoms with Crippen molar-refractivity contribution >= 4 is 40.6 Å². The summed E-state index contributed by atoms with van der Waals surface area (Å²) in [5.74, 6) is -0.0469. The molecule has 1 N–H and O–H groups in total. The van der Waals surface area contributed by atoms with Crippen molar-refractivity contribution in [1.82, 2.24) is 4.90 Å². The van der Waals surface area contributed by atoms with E-state index in [2.05, 4.69) is 11.9 Å². The Morgan fingerprint density at radius 2 is 1.94 bits per heavy atom. The maximum Gasteiger partial charge on any atom is 0.294 e. The number of nitrogens with zero attached hydrogens (tertiary/aromatic N) is 1. The number of thioether (sulfide) groups is 1. The van der Waals surface area contributed by atoms with Gasteiger partial charge in [-0.2, -0.15) is 0 Å². The van der Waals surface area contributed by atoms with Crippen LogP contribution in [0.2, 0.25) is 0 Å². The molecular formula is C24H24N2O5S. The molecular weight excluding hydrogens is 428 g/mol. The molecule has 0 unspecified atom stereocenters. The summed E-state index contributed by atoms with van der Waals surface area (Å²) in [7, 11) is 1.52. The number of methoxy groups -OCH3 is 1. The molecule has 1 heterocycles. The van der Waals surface area contributed by atoms with Gasteiger partial charge in [0, 0.05) is 11.3 Å². The minimum atomic E-state index is -0.534. The van der Waals surface area contributed by atoms with Crippen molar-refractivity contribution in [3.05, 3.63) is 70.6 Å². The Kier molecular flexibility index (Phi) is 7.37. The first kappa shape index (κ1) is 23.1. The van der Waals surface area contributed by atoms with Crippen molar-refractivity contribution in [2.24, 2.45) is 0 Å². The third-order valence-corrected chi connectivity index (χ3v) is 5.82. The number of carbonyl (C=O) groups excluding carboxylic acids is 3. The monoisotopic (exact) mass is 452 g/mol. The maximum atomic E-state index is 12.9. The molecule has 1 saturated heterocycles. The van der Waals surface area contributed by atoms with Crippen molar-refractivity contribution in [3.63, 3.8) is 0 Å². The van der Waals surface area contributed by atoms with Crippen molar-refractivity contribution < 1.29 is 23.9 Å². The second-order valence-electron chi connectivity index (χ2n) is 7.04. The van der Waals surface area contributed by atoms with E-state index in [1.807, 2.05) is 26.0 Å². The first-order chi connectivity index (χ1) is 15.3. The highest BCUT2D eigenvalue weighted by Gasteiger charge is 2.36. The number of anilines is 1. The average Bonchev–Trinajstić information content (AvgIpc) is 3.03. The van der Waals surface area contributed by atoms with E-state index in [9.17, 15) is 14.4 Å². The number of benzene rings is 2. The van der Waals surface area contributed by atoms with Gasteiger partial charge >= 0.3 is 0 Å². The van der Waals surface area contributed by atoms with Gasteiger partial charge in [0.05, 0.1) is 12.0 Å². The van der Waals surface area contributed by atoms with E-state index in [1.165, 1.54) is 7.11 Å². The van der Waals surface area contributed by atoms with E-state index in [1.54, 1.807) is 36.4 Å².